The average Bonchev–Trinajstić information content (AvgIpc) is 2.52. The maximum absolute atomic E-state index is 11.4. The number of rotatable bonds is 4. The van der Waals surface area contributed by atoms with Crippen LogP contribution in [0.3, 0.4) is 0 Å². The van der Waals surface area contributed by atoms with Gasteiger partial charge in [0.25, 0.3) is 0 Å². The van der Waals surface area contributed by atoms with Gasteiger partial charge in [0.1, 0.15) is 37.9 Å². The third-order valence-electron chi connectivity index (χ3n) is 3.07. The molecule has 9 nitrogen and oxygen atoms in total. The first-order valence-corrected chi connectivity index (χ1v) is 9.14. The summed E-state index contributed by atoms with van der Waals surface area (Å²) in [6.45, 7) is 0. The minimum absolute atomic E-state index is 0.000199. The number of nitrogens with one attached hydrogen (secondary N) is 1. The van der Waals surface area contributed by atoms with Crippen LogP contribution in [0.15, 0.2) is 51.9 Å². The van der Waals surface area contributed by atoms with Gasteiger partial charge in [-0.1, -0.05) is 6.07 Å². The molecule has 2 aromatic carbocycles. The lowest BCUT2D eigenvalue weighted by atomic mass is 10.1. The fraction of sp³-hybridized carbons (Fsp3) is 0. The Morgan fingerprint density at radius 2 is 1.64 bits per heavy atom. The molecule has 0 aliphatic carbocycles. The summed E-state index contributed by atoms with van der Waals surface area (Å²) in [5.41, 5.74) is 0.0315. The van der Waals surface area contributed by atoms with Crippen molar-refractivity contribution in [3.63, 3.8) is 0 Å². The molecule has 0 fully saturated rings. The van der Waals surface area contributed by atoms with Crippen LogP contribution in [0.4, 0.5) is 5.69 Å². The highest BCUT2D eigenvalue weighted by Crippen LogP contribution is 2.29. The van der Waals surface area contributed by atoms with E-state index in [2.05, 4.69) is 5.32 Å². The second kappa shape index (κ2) is 6.51. The first kappa shape index (κ1) is 18.4. The Kier molecular flexibility index (Phi) is 4.78. The van der Waals surface area contributed by atoms with Gasteiger partial charge in [-0.05, 0) is 35.0 Å². The van der Waals surface area contributed by atoms with Crippen LogP contribution in [-0.2, 0) is 20.2 Å². The van der Waals surface area contributed by atoms with E-state index in [1.807, 2.05) is 0 Å². The molecule has 0 saturated carbocycles. The highest BCUT2D eigenvalue weighted by Gasteiger charge is 2.13. The molecule has 0 aliphatic heterocycles. The summed E-state index contributed by atoms with van der Waals surface area (Å²) in [7, 11) is -10.0. The van der Waals surface area contributed by atoms with E-state index in [1.165, 1.54) is 18.2 Å². The van der Waals surface area contributed by atoms with Crippen LogP contribution in [-0.4, -0.2) is 25.9 Å². The van der Waals surface area contributed by atoms with Crippen LogP contribution in [0.5, 0.6) is 0 Å². The molecular formula is C14H7N3O6S2-2. The molecule has 0 atom stereocenters. The quantitative estimate of drug-likeness (QED) is 0.601. The van der Waals surface area contributed by atoms with E-state index in [1.54, 1.807) is 12.1 Å². The maximum atomic E-state index is 11.4. The zero-order valence-corrected chi connectivity index (χ0v) is 13.8. The van der Waals surface area contributed by atoms with Gasteiger partial charge in [0.2, 0.25) is 0 Å². The molecule has 1 N–H and O–H groups in total. The van der Waals surface area contributed by atoms with E-state index in [4.69, 9.17) is 10.5 Å². The van der Waals surface area contributed by atoms with E-state index in [0.717, 1.165) is 12.3 Å². The van der Waals surface area contributed by atoms with Gasteiger partial charge in [-0.25, -0.2) is 16.8 Å². The normalized spacial score (nSPS) is 11.4. The number of hydrogen-bond acceptors (Lipinski definition) is 9. The largest absolute Gasteiger partial charge is 0.744 e. The van der Waals surface area contributed by atoms with Crippen molar-refractivity contribution >= 4 is 36.7 Å². The van der Waals surface area contributed by atoms with Gasteiger partial charge in [-0.3, -0.25) is 0 Å². The molecule has 11 heteroatoms. The number of nitriles is 2. The average molecular weight is 377 g/mol. The predicted octanol–water partition coefficient (Wildman–Crippen LogP) is 0.991. The highest BCUT2D eigenvalue weighted by atomic mass is 32.2. The molecule has 0 heterocycles. The van der Waals surface area contributed by atoms with Crippen molar-refractivity contribution in [1.29, 1.82) is 10.5 Å². The Labute approximate surface area is 142 Å². The molecule has 0 unspecified atom stereocenters. The van der Waals surface area contributed by atoms with Gasteiger partial charge in [0, 0.05) is 11.9 Å². The van der Waals surface area contributed by atoms with Crippen LogP contribution in [0.2, 0.25) is 0 Å². The molecular weight excluding hydrogens is 370 g/mol. The molecule has 0 aromatic heterocycles. The van der Waals surface area contributed by atoms with Gasteiger partial charge in [-0.2, -0.15) is 10.5 Å². The lowest BCUT2D eigenvalue weighted by Gasteiger charge is -2.15. The summed E-state index contributed by atoms with van der Waals surface area (Å²) < 4.78 is 67.6. The van der Waals surface area contributed by atoms with Gasteiger partial charge in [0.05, 0.1) is 9.79 Å². The summed E-state index contributed by atoms with van der Waals surface area (Å²) in [6.07, 6.45) is 1.08. The molecule has 128 valence electrons. The SMILES string of the molecule is N#CC(C#N)=CNc1ccc2c(S(=O)(=O)[O-])cc(S(=O)(=O)[O-])cc2c1. The Bertz CT molecular complexity index is 1170. The first-order chi connectivity index (χ1) is 11.6. The maximum Gasteiger partial charge on any atom is 0.145 e. The van der Waals surface area contributed by atoms with Crippen molar-refractivity contribution in [2.45, 2.75) is 9.79 Å². The number of allylic oxidation sites excluding steroid dienone is 1. The number of hydrogen-bond donors (Lipinski definition) is 1. The van der Waals surface area contributed by atoms with Crippen LogP contribution in [0, 0.1) is 22.7 Å². The first-order valence-electron chi connectivity index (χ1n) is 6.33. The second-order valence-corrected chi connectivity index (χ2v) is 7.42. The standard InChI is InChI=1S/C14H9N3O6S2/c15-6-9(7-16)8-17-11-1-2-13-10(3-11)4-12(24(18,19)20)5-14(13)25(21,22)23/h1-5,8,17H,(H,18,19,20)(H,21,22,23)/p-2. The van der Waals surface area contributed by atoms with E-state index < -0.39 is 30.0 Å². The van der Waals surface area contributed by atoms with Crippen LogP contribution in [0.25, 0.3) is 10.8 Å². The van der Waals surface area contributed by atoms with Crippen molar-refractivity contribution < 1.29 is 25.9 Å². The summed E-state index contributed by atoms with van der Waals surface area (Å²) in [5, 5.41) is 19.8. The van der Waals surface area contributed by atoms with E-state index in [9.17, 15) is 25.9 Å². The van der Waals surface area contributed by atoms with Crippen molar-refractivity contribution in [3.05, 3.63) is 42.1 Å². The second-order valence-electron chi connectivity index (χ2n) is 4.69. The van der Waals surface area contributed by atoms with Crippen LogP contribution < -0.4 is 5.32 Å². The van der Waals surface area contributed by atoms with E-state index >= 15 is 0 Å². The number of benzene rings is 2. The summed E-state index contributed by atoms with van der Waals surface area (Å²) in [5.74, 6) is 0. The number of fused-ring (bicyclic) bond motifs is 1. The minimum Gasteiger partial charge on any atom is -0.744 e. The monoisotopic (exact) mass is 377 g/mol. The third-order valence-corrected chi connectivity index (χ3v) is 4.76. The lowest BCUT2D eigenvalue weighted by Crippen LogP contribution is -2.05. The molecule has 0 bridgehead atoms. The fourth-order valence-electron chi connectivity index (χ4n) is 1.99. The third kappa shape index (κ3) is 4.12. The predicted molar refractivity (Wildman–Crippen MR) is 82.8 cm³/mol. The molecule has 0 radical (unpaired) electrons. The highest BCUT2D eigenvalue weighted by molar-refractivity contribution is 7.86. The van der Waals surface area contributed by atoms with Gasteiger partial charge in [-0.15, -0.1) is 0 Å². The van der Waals surface area contributed by atoms with Crippen LogP contribution in [0.1, 0.15) is 0 Å². The Balaban J connectivity index is 2.72. The molecule has 2 aromatic rings. The fourth-order valence-corrected chi connectivity index (χ4v) is 3.33. The molecule has 0 saturated heterocycles. The zero-order valence-electron chi connectivity index (χ0n) is 12.1. The van der Waals surface area contributed by atoms with Crippen molar-refractivity contribution in [1.82, 2.24) is 0 Å². The summed E-state index contributed by atoms with van der Waals surface area (Å²) in [4.78, 5) is -1.70. The van der Waals surface area contributed by atoms with E-state index in [-0.39, 0.29) is 22.0 Å². The van der Waals surface area contributed by atoms with E-state index in [0.29, 0.717) is 6.07 Å². The molecule has 25 heavy (non-hydrogen) atoms. The number of anilines is 1. The van der Waals surface area contributed by atoms with Crippen molar-refractivity contribution in [3.8, 4) is 12.1 Å². The Morgan fingerprint density at radius 1 is 1.00 bits per heavy atom. The lowest BCUT2D eigenvalue weighted by molar-refractivity contribution is 0.462. The molecule has 0 spiro atoms. The summed E-state index contributed by atoms with van der Waals surface area (Å²) in [6, 6.07) is 8.52. The molecule has 0 amide bonds. The number of nitrogens with zero attached hydrogens (tertiary/aromatic N) is 2. The minimum atomic E-state index is -5.03. The zero-order chi connectivity index (χ0) is 18.8. The van der Waals surface area contributed by atoms with Gasteiger partial charge < -0.3 is 14.4 Å². The van der Waals surface area contributed by atoms with Crippen molar-refractivity contribution in [2.75, 3.05) is 5.32 Å². The van der Waals surface area contributed by atoms with Crippen molar-refractivity contribution in [2.24, 2.45) is 0 Å². The topological polar surface area (TPSA) is 174 Å². The Morgan fingerprint density at radius 3 is 2.16 bits per heavy atom. The van der Waals surface area contributed by atoms with Gasteiger partial charge >= 0.3 is 0 Å². The van der Waals surface area contributed by atoms with Crippen LogP contribution >= 0.6 is 0 Å². The molecule has 2 rings (SSSR count). The smallest absolute Gasteiger partial charge is 0.145 e. The summed E-state index contributed by atoms with van der Waals surface area (Å²) >= 11 is 0. The van der Waals surface area contributed by atoms with Gasteiger partial charge in [0.15, 0.2) is 0 Å². The molecule has 0 aliphatic rings. The Hall–Kier alpha value is -2.96.